The number of para-hydroxylation sites is 4. The summed E-state index contributed by atoms with van der Waals surface area (Å²) in [6.07, 6.45) is 4.09. The van der Waals surface area contributed by atoms with Crippen LogP contribution in [0, 0.1) is 12.1 Å². The molecule has 0 saturated heterocycles. The number of fused-ring (bicyclic) bond motifs is 4. The molecule has 0 amide bonds. The Morgan fingerprint density at radius 1 is 0.560 bits per heavy atom. The van der Waals surface area contributed by atoms with E-state index in [2.05, 4.69) is 197 Å². The maximum atomic E-state index is 4.89. The molecule has 9 aromatic rings. The number of hydrogen-bond donors (Lipinski definition) is 0. The van der Waals surface area contributed by atoms with Gasteiger partial charge < -0.3 is 4.57 Å². The van der Waals surface area contributed by atoms with Crippen molar-refractivity contribution in [3.63, 3.8) is 0 Å². The fraction of sp³-hybridized carbons (Fsp3) is 0.0455. The number of hydrogen-bond acceptors (Lipinski definition) is 1. The number of aromatic nitrogens is 4. The van der Waals surface area contributed by atoms with Gasteiger partial charge in [-0.1, -0.05) is 97.5 Å². The van der Waals surface area contributed by atoms with Crippen molar-refractivity contribution in [2.24, 2.45) is 0 Å². The first-order valence-corrected chi connectivity index (χ1v) is 19.6. The van der Waals surface area contributed by atoms with Gasteiger partial charge in [0.2, 0.25) is 0 Å². The Morgan fingerprint density at radius 2 is 1.22 bits per heavy atom. The van der Waals surface area contributed by atoms with E-state index in [1.165, 1.54) is 26.7 Å². The third-order valence-corrected chi connectivity index (χ3v) is 13.0. The summed E-state index contributed by atoms with van der Waals surface area (Å²) in [4.78, 5) is 4.89. The molecular weight excluding hydrogens is 808 g/mol. The molecule has 50 heavy (non-hydrogen) atoms. The molecule has 6 aromatic carbocycles. The second kappa shape index (κ2) is 12.8. The van der Waals surface area contributed by atoms with Gasteiger partial charge in [0.25, 0.3) is 0 Å². The minimum atomic E-state index is -2.26. The second-order valence-corrected chi connectivity index (χ2v) is 17.3. The zero-order valence-corrected chi connectivity index (χ0v) is 31.0. The first-order chi connectivity index (χ1) is 24.1. The van der Waals surface area contributed by atoms with Crippen LogP contribution in [0.15, 0.2) is 164 Å². The molecule has 0 aliphatic rings. The largest absolute Gasteiger partial charge is 0.319 e. The molecule has 0 aliphatic carbocycles. The molecule has 0 radical (unpaired) electrons. The van der Waals surface area contributed by atoms with Crippen LogP contribution in [-0.4, -0.2) is 26.8 Å². The molecule has 0 aliphatic heterocycles. The molecule has 244 valence electrons. The van der Waals surface area contributed by atoms with E-state index in [1.807, 2.05) is 6.20 Å². The van der Waals surface area contributed by atoms with Crippen molar-refractivity contribution in [1.82, 2.24) is 18.7 Å². The van der Waals surface area contributed by atoms with Gasteiger partial charge in [0.15, 0.2) is 17.4 Å². The normalized spacial score (nSPS) is 11.6. The Labute approximate surface area is 307 Å². The third-order valence-electron chi connectivity index (χ3n) is 9.72. The van der Waals surface area contributed by atoms with Crippen LogP contribution in [0.2, 0.25) is 13.1 Å². The van der Waals surface area contributed by atoms with E-state index in [-0.39, 0.29) is 21.1 Å². The van der Waals surface area contributed by atoms with Crippen LogP contribution < -0.4 is 10.4 Å². The molecule has 0 fully saturated rings. The second-order valence-electron chi connectivity index (χ2n) is 13.0. The van der Waals surface area contributed by atoms with Crippen molar-refractivity contribution < 1.29 is 21.1 Å². The fourth-order valence-corrected chi connectivity index (χ4v) is 9.23. The SMILES string of the molecule is C[Si](C)(c1[c-]c(-n2[cH+]n(-c3ccccc3)c3ccccc32)ccc1)c1[c-]c2c(cc1)c1ccccc1n2-c1cc(-c2ccccc2)ccn1.[Pt]. The number of imidazole rings is 1. The van der Waals surface area contributed by atoms with Gasteiger partial charge in [-0.25, -0.2) is 9.55 Å². The molecule has 0 bridgehead atoms. The predicted octanol–water partition coefficient (Wildman–Crippen LogP) is 9.28. The molecule has 0 spiro atoms. The van der Waals surface area contributed by atoms with Crippen LogP contribution >= 0.6 is 0 Å². The topological polar surface area (TPSA) is 27.7 Å². The number of rotatable bonds is 6. The van der Waals surface area contributed by atoms with Crippen LogP contribution in [0.1, 0.15) is 0 Å². The number of benzene rings is 6. The van der Waals surface area contributed by atoms with E-state index in [1.54, 1.807) is 0 Å². The maximum Gasteiger partial charge on any atom is 0.168 e. The van der Waals surface area contributed by atoms with E-state index in [0.717, 1.165) is 44.8 Å². The first kappa shape index (κ1) is 31.9. The van der Waals surface area contributed by atoms with Crippen molar-refractivity contribution in [3.8, 4) is 28.3 Å². The zero-order chi connectivity index (χ0) is 33.0. The Kier molecular flexibility index (Phi) is 8.18. The minimum absolute atomic E-state index is 0. The quantitative estimate of drug-likeness (QED) is 0.121. The van der Waals surface area contributed by atoms with Gasteiger partial charge in [-0.3, -0.25) is 0 Å². The molecule has 3 heterocycles. The van der Waals surface area contributed by atoms with Gasteiger partial charge in [0, 0.05) is 50.6 Å². The Morgan fingerprint density at radius 3 is 2.00 bits per heavy atom. The standard InChI is InChI=1S/C44H33N4Si.Pt/c1-49(2,36-19-13-18-35(29-36)47-31-46(34-16-7-4-8-17-34)41-22-11-12-23-42(41)47)37-24-25-39-38-20-9-10-21-40(38)48(43(39)30-37)44-28-33(26-27-45-44)32-14-5-3-6-15-32;/h3-28,31H,1-2H3;/q-1;. The summed E-state index contributed by atoms with van der Waals surface area (Å²) < 4.78 is 6.78. The molecule has 0 N–H and O–H groups in total. The average molecular weight is 841 g/mol. The number of pyridine rings is 1. The summed E-state index contributed by atoms with van der Waals surface area (Å²) in [5.74, 6) is 0.889. The molecular formula is C44H33N4PtSi-. The molecule has 0 saturated carbocycles. The molecule has 6 heteroatoms. The van der Waals surface area contributed by atoms with Gasteiger partial charge in [-0.2, -0.15) is 45.3 Å². The van der Waals surface area contributed by atoms with Crippen molar-refractivity contribution in [1.29, 1.82) is 0 Å². The summed E-state index contributed by atoms with van der Waals surface area (Å²) in [6, 6.07) is 61.4. The van der Waals surface area contributed by atoms with Crippen LogP contribution in [0.5, 0.6) is 0 Å². The summed E-state index contributed by atoms with van der Waals surface area (Å²) in [7, 11) is -2.26. The van der Waals surface area contributed by atoms with Crippen molar-refractivity contribution in [2.75, 3.05) is 0 Å². The first-order valence-electron chi connectivity index (χ1n) is 16.6. The van der Waals surface area contributed by atoms with Crippen molar-refractivity contribution in [3.05, 3.63) is 176 Å². The minimum Gasteiger partial charge on any atom is -0.319 e. The summed E-state index contributed by atoms with van der Waals surface area (Å²) >= 11 is 0. The molecule has 9 rings (SSSR count). The van der Waals surface area contributed by atoms with Crippen LogP contribution in [0.25, 0.3) is 61.2 Å². The Bertz CT molecular complexity index is 2640. The Hall–Kier alpha value is -5.35. The van der Waals surface area contributed by atoms with Gasteiger partial charge >= 0.3 is 0 Å². The monoisotopic (exact) mass is 840 g/mol. The van der Waals surface area contributed by atoms with E-state index in [0.29, 0.717) is 0 Å². The van der Waals surface area contributed by atoms with Crippen LogP contribution in [0.3, 0.4) is 0 Å². The van der Waals surface area contributed by atoms with Gasteiger partial charge in [-0.15, -0.1) is 17.5 Å². The third kappa shape index (κ3) is 5.34. The van der Waals surface area contributed by atoms with Gasteiger partial charge in [0.05, 0.1) is 8.07 Å². The predicted molar refractivity (Wildman–Crippen MR) is 205 cm³/mol. The van der Waals surface area contributed by atoms with Gasteiger partial charge in [0.1, 0.15) is 11.5 Å². The van der Waals surface area contributed by atoms with Crippen molar-refractivity contribution in [2.45, 2.75) is 13.1 Å². The summed E-state index contributed by atoms with van der Waals surface area (Å²) in [5, 5.41) is 4.84. The van der Waals surface area contributed by atoms with Crippen LogP contribution in [-0.2, 0) is 21.1 Å². The molecule has 0 atom stereocenters. The van der Waals surface area contributed by atoms with Crippen molar-refractivity contribution >= 4 is 51.3 Å². The fourth-order valence-electron chi connectivity index (χ4n) is 7.05. The van der Waals surface area contributed by atoms with E-state index >= 15 is 0 Å². The Balaban J connectivity index is 0.00000361. The summed E-state index contributed by atoms with van der Waals surface area (Å²) in [6.45, 7) is 4.80. The zero-order valence-electron chi connectivity index (χ0n) is 27.7. The smallest absolute Gasteiger partial charge is 0.168 e. The van der Waals surface area contributed by atoms with E-state index in [4.69, 9.17) is 4.98 Å². The van der Waals surface area contributed by atoms with Gasteiger partial charge in [-0.05, 0) is 46.8 Å². The van der Waals surface area contributed by atoms with E-state index in [9.17, 15) is 0 Å². The molecule has 4 nitrogen and oxygen atoms in total. The van der Waals surface area contributed by atoms with E-state index < -0.39 is 8.07 Å². The van der Waals surface area contributed by atoms with Crippen LogP contribution in [0.4, 0.5) is 0 Å². The number of nitrogens with zero attached hydrogens (tertiary/aromatic N) is 4. The molecule has 3 aromatic heterocycles. The summed E-state index contributed by atoms with van der Waals surface area (Å²) in [5.41, 5.74) is 8.94. The molecule has 0 unspecified atom stereocenters. The maximum absolute atomic E-state index is 4.89. The average Bonchev–Trinajstić information content (AvgIpc) is 3.72.